The summed E-state index contributed by atoms with van der Waals surface area (Å²) >= 11 is 0. The van der Waals surface area contributed by atoms with Gasteiger partial charge in [-0.15, -0.1) is 0 Å². The molecule has 3 amide bonds. The number of benzene rings is 2. The summed E-state index contributed by atoms with van der Waals surface area (Å²) in [4.78, 5) is 41.7. The molecule has 1 saturated heterocycles. The van der Waals surface area contributed by atoms with Crippen molar-refractivity contribution in [3.05, 3.63) is 64.7 Å². The number of carbonyl (C=O) groups excluding carboxylic acids is 3. The Morgan fingerprint density at radius 2 is 1.81 bits per heavy atom. The zero-order chi connectivity index (χ0) is 25.6. The van der Waals surface area contributed by atoms with Crippen molar-refractivity contribution in [1.29, 1.82) is 0 Å². The van der Waals surface area contributed by atoms with Gasteiger partial charge in [-0.05, 0) is 62.1 Å². The maximum absolute atomic E-state index is 14.0. The molecule has 2 N–H and O–H groups in total. The Kier molecular flexibility index (Phi) is 5.95. The third kappa shape index (κ3) is 3.88. The molecule has 1 fully saturated rings. The summed E-state index contributed by atoms with van der Waals surface area (Å²) in [5.74, 6) is -1.58. The molecule has 0 spiro atoms. The van der Waals surface area contributed by atoms with Gasteiger partial charge in [0.15, 0.2) is 17.3 Å². The van der Waals surface area contributed by atoms with Crippen LogP contribution in [0, 0.1) is 12.7 Å². The number of ether oxygens (including phenoxy) is 1. The first-order valence-corrected chi connectivity index (χ1v) is 11.8. The van der Waals surface area contributed by atoms with Crippen molar-refractivity contribution in [1.82, 2.24) is 9.78 Å². The van der Waals surface area contributed by atoms with E-state index in [1.807, 2.05) is 25.1 Å². The fourth-order valence-electron chi connectivity index (χ4n) is 4.94. The molecular formula is C26H26FN5O4. The number of fused-ring (bicyclic) bond motifs is 1. The van der Waals surface area contributed by atoms with Gasteiger partial charge in [0.05, 0.1) is 12.8 Å². The molecule has 10 heteroatoms. The number of carbonyl (C=O) groups is 3. The lowest BCUT2D eigenvalue weighted by Crippen LogP contribution is -2.39. The second-order valence-electron chi connectivity index (χ2n) is 8.95. The van der Waals surface area contributed by atoms with Crippen LogP contribution in [0.5, 0.6) is 5.75 Å². The molecule has 0 saturated carbocycles. The number of methoxy groups -OCH3 is 1. The van der Waals surface area contributed by atoms with Crippen LogP contribution in [0.1, 0.15) is 51.4 Å². The van der Waals surface area contributed by atoms with E-state index in [2.05, 4.69) is 5.10 Å². The van der Waals surface area contributed by atoms with Gasteiger partial charge in [0.1, 0.15) is 5.69 Å². The van der Waals surface area contributed by atoms with Gasteiger partial charge >= 0.3 is 0 Å². The monoisotopic (exact) mass is 491 g/mol. The number of halogens is 1. The summed E-state index contributed by atoms with van der Waals surface area (Å²) in [5.41, 5.74) is 8.94. The standard InChI is InChI=1S/C26H26FN5O4/c1-15-13-16(30-11-4-3-5-22(30)33)7-9-20(15)31-12-10-18-23(25(28)34)29-32(24(18)26(31)35)17-6-8-19(27)21(14-17)36-2/h6-9,13-14H,3-5,10-12H2,1-2H3,(H2,28,34). The first-order valence-electron chi connectivity index (χ1n) is 11.8. The van der Waals surface area contributed by atoms with Crippen LogP contribution in [0.3, 0.4) is 0 Å². The summed E-state index contributed by atoms with van der Waals surface area (Å²) in [6, 6.07) is 9.69. The Balaban J connectivity index is 1.55. The minimum Gasteiger partial charge on any atom is -0.494 e. The van der Waals surface area contributed by atoms with E-state index in [9.17, 15) is 18.8 Å². The fourth-order valence-corrected chi connectivity index (χ4v) is 4.94. The largest absolute Gasteiger partial charge is 0.494 e. The van der Waals surface area contributed by atoms with Crippen molar-refractivity contribution in [3.63, 3.8) is 0 Å². The number of rotatable bonds is 5. The van der Waals surface area contributed by atoms with Crippen LogP contribution >= 0.6 is 0 Å². The molecule has 186 valence electrons. The predicted molar refractivity (Wildman–Crippen MR) is 131 cm³/mol. The molecule has 9 nitrogen and oxygen atoms in total. The minimum atomic E-state index is -0.743. The Morgan fingerprint density at radius 1 is 1.03 bits per heavy atom. The second-order valence-corrected chi connectivity index (χ2v) is 8.95. The van der Waals surface area contributed by atoms with E-state index in [1.54, 1.807) is 9.80 Å². The quantitative estimate of drug-likeness (QED) is 0.590. The highest BCUT2D eigenvalue weighted by Gasteiger charge is 2.35. The van der Waals surface area contributed by atoms with Gasteiger partial charge < -0.3 is 20.3 Å². The third-order valence-electron chi connectivity index (χ3n) is 6.74. The molecule has 2 aliphatic heterocycles. The summed E-state index contributed by atoms with van der Waals surface area (Å²) in [6.07, 6.45) is 2.76. The first kappa shape index (κ1) is 23.5. The Hall–Kier alpha value is -4.21. The molecule has 2 aliphatic rings. The molecule has 0 bridgehead atoms. The SMILES string of the molecule is COc1cc(-n2nc(C(N)=O)c3c2C(=O)N(c2ccc(N4CCCCC4=O)cc2C)CC3)ccc1F. The van der Waals surface area contributed by atoms with E-state index in [-0.39, 0.29) is 29.0 Å². The van der Waals surface area contributed by atoms with Crippen molar-refractivity contribution in [2.45, 2.75) is 32.6 Å². The zero-order valence-electron chi connectivity index (χ0n) is 20.1. The van der Waals surface area contributed by atoms with Crippen LogP contribution in [0.15, 0.2) is 36.4 Å². The minimum absolute atomic E-state index is 0.0111. The molecule has 3 aromatic rings. The van der Waals surface area contributed by atoms with Crippen LogP contribution in [0.25, 0.3) is 5.69 Å². The molecule has 0 unspecified atom stereocenters. The number of aryl methyl sites for hydroxylation is 1. The molecular weight excluding hydrogens is 465 g/mol. The van der Waals surface area contributed by atoms with E-state index < -0.39 is 11.7 Å². The van der Waals surface area contributed by atoms with E-state index in [0.29, 0.717) is 42.9 Å². The number of nitrogens with two attached hydrogens (primary N) is 1. The molecule has 36 heavy (non-hydrogen) atoms. The number of hydrogen-bond acceptors (Lipinski definition) is 5. The summed E-state index contributed by atoms with van der Waals surface area (Å²) in [7, 11) is 1.34. The maximum Gasteiger partial charge on any atom is 0.277 e. The van der Waals surface area contributed by atoms with Gasteiger partial charge in [-0.3, -0.25) is 14.4 Å². The van der Waals surface area contributed by atoms with Crippen molar-refractivity contribution in [2.24, 2.45) is 5.73 Å². The number of hydrogen-bond donors (Lipinski definition) is 1. The summed E-state index contributed by atoms with van der Waals surface area (Å²) in [5, 5.41) is 4.32. The number of nitrogens with zero attached hydrogens (tertiary/aromatic N) is 4. The van der Waals surface area contributed by atoms with Crippen molar-refractivity contribution < 1.29 is 23.5 Å². The Bertz CT molecular complexity index is 1400. The van der Waals surface area contributed by atoms with Crippen LogP contribution in [-0.2, 0) is 11.2 Å². The number of amides is 3. The van der Waals surface area contributed by atoms with Crippen LogP contribution in [0.4, 0.5) is 15.8 Å². The molecule has 5 rings (SSSR count). The smallest absolute Gasteiger partial charge is 0.277 e. The van der Waals surface area contributed by atoms with E-state index >= 15 is 0 Å². The highest BCUT2D eigenvalue weighted by molar-refractivity contribution is 6.10. The van der Waals surface area contributed by atoms with Crippen molar-refractivity contribution in [3.8, 4) is 11.4 Å². The lowest BCUT2D eigenvalue weighted by Gasteiger charge is -2.31. The number of primary amides is 1. The average Bonchev–Trinajstić information content (AvgIpc) is 3.26. The van der Waals surface area contributed by atoms with Crippen molar-refractivity contribution >= 4 is 29.1 Å². The topological polar surface area (TPSA) is 111 Å². The lowest BCUT2D eigenvalue weighted by atomic mass is 10.0. The Morgan fingerprint density at radius 3 is 2.50 bits per heavy atom. The normalized spacial score (nSPS) is 15.8. The van der Waals surface area contributed by atoms with E-state index in [1.165, 1.54) is 30.0 Å². The number of anilines is 2. The average molecular weight is 492 g/mol. The zero-order valence-corrected chi connectivity index (χ0v) is 20.1. The molecule has 3 heterocycles. The molecule has 0 radical (unpaired) electrons. The predicted octanol–water partition coefficient (Wildman–Crippen LogP) is 3.15. The molecule has 0 aliphatic carbocycles. The third-order valence-corrected chi connectivity index (χ3v) is 6.74. The lowest BCUT2D eigenvalue weighted by molar-refractivity contribution is -0.119. The van der Waals surface area contributed by atoms with Gasteiger partial charge in [-0.2, -0.15) is 5.10 Å². The van der Waals surface area contributed by atoms with E-state index in [0.717, 1.165) is 24.1 Å². The van der Waals surface area contributed by atoms with Gasteiger partial charge in [0.25, 0.3) is 11.8 Å². The van der Waals surface area contributed by atoms with Crippen LogP contribution in [-0.4, -0.2) is 47.7 Å². The van der Waals surface area contributed by atoms with E-state index in [4.69, 9.17) is 10.5 Å². The van der Waals surface area contributed by atoms with Gasteiger partial charge in [0, 0.05) is 42.5 Å². The highest BCUT2D eigenvalue weighted by Crippen LogP contribution is 2.33. The highest BCUT2D eigenvalue weighted by atomic mass is 19.1. The van der Waals surface area contributed by atoms with Gasteiger partial charge in [-0.1, -0.05) is 0 Å². The summed E-state index contributed by atoms with van der Waals surface area (Å²) < 4.78 is 20.4. The van der Waals surface area contributed by atoms with Crippen LogP contribution in [0.2, 0.25) is 0 Å². The fraction of sp³-hybridized carbons (Fsp3) is 0.308. The number of aromatic nitrogens is 2. The van der Waals surface area contributed by atoms with Gasteiger partial charge in [-0.25, -0.2) is 9.07 Å². The van der Waals surface area contributed by atoms with Crippen LogP contribution < -0.4 is 20.3 Å². The molecule has 1 aromatic heterocycles. The Labute approximate surface area is 207 Å². The second kappa shape index (κ2) is 9.10. The first-order chi connectivity index (χ1) is 17.3. The maximum atomic E-state index is 14.0. The van der Waals surface area contributed by atoms with Crippen molar-refractivity contribution in [2.75, 3.05) is 30.0 Å². The summed E-state index contributed by atoms with van der Waals surface area (Å²) in [6.45, 7) is 2.90. The molecule has 0 atom stereocenters. The molecule has 2 aromatic carbocycles. The number of piperidine rings is 1. The van der Waals surface area contributed by atoms with Gasteiger partial charge in [0.2, 0.25) is 5.91 Å².